The van der Waals surface area contributed by atoms with Crippen LogP contribution in [0.2, 0.25) is 0 Å². The van der Waals surface area contributed by atoms with Gasteiger partial charge in [-0.25, -0.2) is 14.4 Å². The number of methoxy groups -OCH3 is 1. The molecule has 2 aromatic rings. The summed E-state index contributed by atoms with van der Waals surface area (Å²) in [6.07, 6.45) is 1.51. The Morgan fingerprint density at radius 3 is 2.55 bits per heavy atom. The van der Waals surface area contributed by atoms with E-state index in [0.29, 0.717) is 11.3 Å². The van der Waals surface area contributed by atoms with Crippen LogP contribution in [0.3, 0.4) is 0 Å². The third-order valence-corrected chi connectivity index (χ3v) is 4.18. The minimum absolute atomic E-state index is 0.0226. The van der Waals surface area contributed by atoms with Crippen molar-refractivity contribution < 1.29 is 37.8 Å². The van der Waals surface area contributed by atoms with Crippen molar-refractivity contribution in [3.8, 4) is 5.75 Å². The van der Waals surface area contributed by atoms with E-state index in [4.69, 9.17) is 13.9 Å². The van der Waals surface area contributed by atoms with Gasteiger partial charge >= 0.3 is 18.0 Å². The van der Waals surface area contributed by atoms with Crippen LogP contribution < -0.4 is 10.1 Å². The highest BCUT2D eigenvalue weighted by molar-refractivity contribution is 6.13. The van der Waals surface area contributed by atoms with Gasteiger partial charge in [-0.05, 0) is 42.8 Å². The zero-order chi connectivity index (χ0) is 22.4. The number of ether oxygens (including phenoxy) is 3. The van der Waals surface area contributed by atoms with Crippen molar-refractivity contribution >= 4 is 30.0 Å². The molecule has 10 heteroatoms. The van der Waals surface area contributed by atoms with Crippen LogP contribution in [-0.4, -0.2) is 49.1 Å². The second kappa shape index (κ2) is 9.61. The summed E-state index contributed by atoms with van der Waals surface area (Å²) in [6, 6.07) is 8.88. The van der Waals surface area contributed by atoms with Crippen LogP contribution in [0.15, 0.2) is 46.5 Å². The number of nitrogens with zero attached hydrogens (tertiary/aromatic N) is 1. The summed E-state index contributed by atoms with van der Waals surface area (Å²) in [5, 5.41) is 2.50. The first-order chi connectivity index (χ1) is 14.9. The van der Waals surface area contributed by atoms with Crippen molar-refractivity contribution in [3.63, 3.8) is 0 Å². The number of urea groups is 1. The quantitative estimate of drug-likeness (QED) is 0.385. The number of rotatable bonds is 8. The molecular weight excluding hydrogens is 408 g/mol. The highest BCUT2D eigenvalue weighted by Crippen LogP contribution is 2.20. The van der Waals surface area contributed by atoms with Crippen LogP contribution in [0.1, 0.15) is 28.8 Å². The summed E-state index contributed by atoms with van der Waals surface area (Å²) >= 11 is 0. The van der Waals surface area contributed by atoms with Crippen molar-refractivity contribution in [1.29, 1.82) is 0 Å². The fourth-order valence-corrected chi connectivity index (χ4v) is 2.72. The molecule has 1 aliphatic heterocycles. The lowest BCUT2D eigenvalue weighted by atomic mass is 10.2. The Balaban J connectivity index is 1.64. The molecule has 1 fully saturated rings. The van der Waals surface area contributed by atoms with Crippen molar-refractivity contribution in [2.45, 2.75) is 13.5 Å². The minimum atomic E-state index is -0.654. The van der Waals surface area contributed by atoms with Crippen LogP contribution in [-0.2, 0) is 25.6 Å². The first-order valence-corrected chi connectivity index (χ1v) is 9.31. The Bertz CT molecular complexity index is 1020. The SMILES string of the molecule is CCOC(=O)COc1ccc(/C=C2\NC(=O)N(Cc3ccc(C(=O)OC)o3)C2=O)cc1. The number of imide groups is 1. The molecule has 3 rings (SSSR count). The van der Waals surface area contributed by atoms with E-state index < -0.39 is 23.9 Å². The number of esters is 2. The van der Waals surface area contributed by atoms with E-state index in [1.807, 2.05) is 0 Å². The van der Waals surface area contributed by atoms with Gasteiger partial charge in [0.25, 0.3) is 5.91 Å². The maximum absolute atomic E-state index is 12.6. The van der Waals surface area contributed by atoms with Gasteiger partial charge in [-0.1, -0.05) is 12.1 Å². The van der Waals surface area contributed by atoms with Crippen molar-refractivity contribution in [3.05, 3.63) is 59.2 Å². The van der Waals surface area contributed by atoms with E-state index >= 15 is 0 Å². The summed E-state index contributed by atoms with van der Waals surface area (Å²) in [5.74, 6) is -0.970. The maximum atomic E-state index is 12.6. The third-order valence-electron chi connectivity index (χ3n) is 4.18. The van der Waals surface area contributed by atoms with Gasteiger partial charge in [0.1, 0.15) is 17.2 Å². The van der Waals surface area contributed by atoms with Crippen molar-refractivity contribution in [1.82, 2.24) is 10.2 Å². The highest BCUT2D eigenvalue weighted by Gasteiger charge is 2.34. The van der Waals surface area contributed by atoms with Gasteiger partial charge in [0, 0.05) is 0 Å². The maximum Gasteiger partial charge on any atom is 0.373 e. The third kappa shape index (κ3) is 5.30. The summed E-state index contributed by atoms with van der Waals surface area (Å²) in [4.78, 5) is 48.5. The van der Waals surface area contributed by atoms with E-state index in [1.165, 1.54) is 25.3 Å². The molecule has 0 saturated carbocycles. The largest absolute Gasteiger partial charge is 0.482 e. The predicted octanol–water partition coefficient (Wildman–Crippen LogP) is 2.10. The van der Waals surface area contributed by atoms with Crippen LogP contribution in [0.25, 0.3) is 6.08 Å². The van der Waals surface area contributed by atoms with Gasteiger partial charge < -0.3 is 23.9 Å². The summed E-state index contributed by atoms with van der Waals surface area (Å²) < 4.78 is 20.0. The van der Waals surface area contributed by atoms with Crippen LogP contribution in [0, 0.1) is 0 Å². The Labute approximate surface area is 177 Å². The number of furan rings is 1. The number of hydrogen-bond donors (Lipinski definition) is 1. The van der Waals surface area contributed by atoms with Gasteiger partial charge in [0.05, 0.1) is 20.3 Å². The lowest BCUT2D eigenvalue weighted by Gasteiger charge is -2.09. The van der Waals surface area contributed by atoms with Crippen LogP contribution >= 0.6 is 0 Å². The Morgan fingerprint density at radius 1 is 1.13 bits per heavy atom. The molecule has 10 nitrogen and oxygen atoms in total. The summed E-state index contributed by atoms with van der Waals surface area (Å²) in [7, 11) is 1.22. The van der Waals surface area contributed by atoms with Crippen LogP contribution in [0.4, 0.5) is 4.79 Å². The Morgan fingerprint density at radius 2 is 1.87 bits per heavy atom. The lowest BCUT2D eigenvalue weighted by molar-refractivity contribution is -0.145. The number of nitrogens with one attached hydrogen (secondary N) is 1. The van der Waals surface area contributed by atoms with Crippen molar-refractivity contribution in [2.75, 3.05) is 20.3 Å². The van der Waals surface area contributed by atoms with Crippen LogP contribution in [0.5, 0.6) is 5.75 Å². The number of hydrogen-bond acceptors (Lipinski definition) is 8. The molecule has 0 unspecified atom stereocenters. The number of amides is 3. The summed E-state index contributed by atoms with van der Waals surface area (Å²) in [6.45, 7) is 1.64. The average Bonchev–Trinajstić information content (AvgIpc) is 3.33. The molecular formula is C21H20N2O8. The number of carbonyl (C=O) groups excluding carboxylic acids is 4. The molecule has 0 atom stereocenters. The predicted molar refractivity (Wildman–Crippen MR) is 106 cm³/mol. The highest BCUT2D eigenvalue weighted by atomic mass is 16.6. The lowest BCUT2D eigenvalue weighted by Crippen LogP contribution is -2.30. The van der Waals surface area contributed by atoms with Gasteiger partial charge in [-0.2, -0.15) is 0 Å². The fraction of sp³-hybridized carbons (Fsp3) is 0.238. The molecule has 0 bridgehead atoms. The molecule has 162 valence electrons. The molecule has 1 aromatic heterocycles. The fourth-order valence-electron chi connectivity index (χ4n) is 2.72. The molecule has 31 heavy (non-hydrogen) atoms. The standard InChI is InChI=1S/C21H20N2O8/c1-3-29-18(24)12-30-14-6-4-13(5-7-14)10-16-19(25)23(21(27)22-16)11-15-8-9-17(31-15)20(26)28-2/h4-10H,3,11-12H2,1-2H3,(H,22,27)/b16-10-. The average molecular weight is 428 g/mol. The smallest absolute Gasteiger partial charge is 0.373 e. The van der Waals surface area contributed by atoms with Crippen molar-refractivity contribution in [2.24, 2.45) is 0 Å². The topological polar surface area (TPSA) is 124 Å². The molecule has 0 aliphatic carbocycles. The molecule has 2 heterocycles. The first-order valence-electron chi connectivity index (χ1n) is 9.31. The number of carbonyl (C=O) groups is 4. The minimum Gasteiger partial charge on any atom is -0.482 e. The Kier molecular flexibility index (Phi) is 6.71. The molecule has 1 aromatic carbocycles. The van der Waals surface area contributed by atoms with Gasteiger partial charge in [-0.15, -0.1) is 0 Å². The normalized spacial score (nSPS) is 14.5. The van der Waals surface area contributed by atoms with E-state index in [1.54, 1.807) is 31.2 Å². The van der Waals surface area contributed by atoms with Gasteiger partial charge in [-0.3, -0.25) is 9.69 Å². The molecule has 0 spiro atoms. The Hall–Kier alpha value is -4.08. The van der Waals surface area contributed by atoms with E-state index in [9.17, 15) is 19.2 Å². The van der Waals surface area contributed by atoms with E-state index in [0.717, 1.165) is 4.90 Å². The zero-order valence-electron chi connectivity index (χ0n) is 16.9. The molecule has 1 aliphatic rings. The second-order valence-electron chi connectivity index (χ2n) is 6.30. The van der Waals surface area contributed by atoms with Gasteiger partial charge in [0.15, 0.2) is 6.61 Å². The molecule has 1 N–H and O–H groups in total. The summed E-state index contributed by atoms with van der Waals surface area (Å²) in [5.41, 5.74) is 0.727. The molecule has 0 radical (unpaired) electrons. The number of benzene rings is 1. The molecule has 1 saturated heterocycles. The zero-order valence-corrected chi connectivity index (χ0v) is 16.9. The first kappa shape index (κ1) is 21.6. The van der Waals surface area contributed by atoms with Gasteiger partial charge in [0.2, 0.25) is 5.76 Å². The van der Waals surface area contributed by atoms with E-state index in [2.05, 4.69) is 10.1 Å². The second-order valence-corrected chi connectivity index (χ2v) is 6.30. The molecule has 3 amide bonds. The van der Waals surface area contributed by atoms with E-state index in [-0.39, 0.29) is 37.0 Å². The monoisotopic (exact) mass is 428 g/mol.